The summed E-state index contributed by atoms with van der Waals surface area (Å²) in [5.74, 6) is 3.97. The van der Waals surface area contributed by atoms with Gasteiger partial charge in [0, 0.05) is 0 Å². The van der Waals surface area contributed by atoms with E-state index in [0.29, 0.717) is 0 Å². The van der Waals surface area contributed by atoms with Gasteiger partial charge in [-0.1, -0.05) is 51.9 Å². The van der Waals surface area contributed by atoms with E-state index in [1.165, 1.54) is 69.3 Å². The summed E-state index contributed by atoms with van der Waals surface area (Å²) in [5, 5.41) is 0. The van der Waals surface area contributed by atoms with Crippen LogP contribution in [0.1, 0.15) is 64.7 Å². The summed E-state index contributed by atoms with van der Waals surface area (Å²) in [6, 6.07) is 0. The van der Waals surface area contributed by atoms with Gasteiger partial charge < -0.3 is 0 Å². The first kappa shape index (κ1) is 12.4. The Kier molecular flexibility index (Phi) is 7.67. The molecule has 84 valence electrons. The summed E-state index contributed by atoms with van der Waals surface area (Å²) < 4.78 is 0. The summed E-state index contributed by atoms with van der Waals surface area (Å²) in [4.78, 5) is 0. The minimum absolute atomic E-state index is 1.08. The maximum Gasteiger partial charge on any atom is -0.00388 e. The lowest BCUT2D eigenvalue weighted by Gasteiger charge is -2.07. The second kappa shape index (κ2) is 8.64. The molecule has 0 aromatic heterocycles. The van der Waals surface area contributed by atoms with E-state index < -0.39 is 0 Å². The smallest absolute Gasteiger partial charge is 0.00388 e. The van der Waals surface area contributed by atoms with E-state index >= 15 is 0 Å². The summed E-state index contributed by atoms with van der Waals surface area (Å²) in [6.07, 6.45) is 13.3. The third-order valence-electron chi connectivity index (χ3n) is 3.24. The second-order valence-electron chi connectivity index (χ2n) is 4.64. The Labute approximate surface area is 94.2 Å². The van der Waals surface area contributed by atoms with Crippen LogP contribution in [0, 0.1) is 5.92 Å². The molecule has 1 heteroatoms. The molecule has 0 spiro atoms. The van der Waals surface area contributed by atoms with Crippen molar-refractivity contribution in [1.29, 1.82) is 0 Å². The first-order valence-electron chi connectivity index (χ1n) is 6.51. The van der Waals surface area contributed by atoms with Crippen LogP contribution < -0.4 is 0 Å². The Morgan fingerprint density at radius 3 is 2.36 bits per heavy atom. The fraction of sp³-hybridized carbons (Fsp3) is 1.00. The van der Waals surface area contributed by atoms with Gasteiger partial charge in [-0.2, -0.15) is 11.8 Å². The first-order chi connectivity index (χ1) is 6.93. The van der Waals surface area contributed by atoms with E-state index in [-0.39, 0.29) is 0 Å². The Hall–Kier alpha value is 0.350. The fourth-order valence-corrected chi connectivity index (χ4v) is 3.53. The number of thioether (sulfide) groups is 1. The van der Waals surface area contributed by atoms with Gasteiger partial charge in [0.15, 0.2) is 0 Å². The predicted molar refractivity (Wildman–Crippen MR) is 68.0 cm³/mol. The maximum atomic E-state index is 2.29. The normalized spacial score (nSPS) is 21.6. The number of rotatable bonds is 8. The van der Waals surface area contributed by atoms with Crippen LogP contribution in [0.4, 0.5) is 0 Å². The molecule has 1 aliphatic rings. The third-order valence-corrected chi connectivity index (χ3v) is 4.47. The van der Waals surface area contributed by atoms with E-state index in [9.17, 15) is 0 Å². The molecule has 14 heavy (non-hydrogen) atoms. The molecule has 0 N–H and O–H groups in total. The van der Waals surface area contributed by atoms with E-state index in [4.69, 9.17) is 0 Å². The Morgan fingerprint density at radius 2 is 1.71 bits per heavy atom. The molecule has 1 unspecified atom stereocenters. The lowest BCUT2D eigenvalue weighted by atomic mass is 10.00. The van der Waals surface area contributed by atoms with Gasteiger partial charge in [0.1, 0.15) is 0 Å². The molecule has 1 aliphatic heterocycles. The van der Waals surface area contributed by atoms with Crippen LogP contribution in [-0.4, -0.2) is 11.5 Å². The highest BCUT2D eigenvalue weighted by atomic mass is 32.2. The van der Waals surface area contributed by atoms with Gasteiger partial charge in [-0.15, -0.1) is 0 Å². The molecule has 1 saturated heterocycles. The number of unbranched alkanes of at least 4 members (excludes halogenated alkanes) is 6. The van der Waals surface area contributed by atoms with Crippen molar-refractivity contribution in [2.24, 2.45) is 5.92 Å². The lowest BCUT2D eigenvalue weighted by Crippen LogP contribution is -1.96. The van der Waals surface area contributed by atoms with Crippen molar-refractivity contribution in [1.82, 2.24) is 0 Å². The zero-order valence-corrected chi connectivity index (χ0v) is 10.6. The molecule has 0 aliphatic carbocycles. The Balaban J connectivity index is 1.75. The predicted octanol–water partition coefficient (Wildman–Crippen LogP) is 4.88. The average molecular weight is 214 g/mol. The monoisotopic (exact) mass is 214 g/mol. The van der Waals surface area contributed by atoms with Crippen molar-refractivity contribution in [3.05, 3.63) is 0 Å². The first-order valence-corrected chi connectivity index (χ1v) is 7.66. The van der Waals surface area contributed by atoms with Crippen molar-refractivity contribution >= 4 is 11.8 Å². The van der Waals surface area contributed by atoms with Crippen LogP contribution in [0.5, 0.6) is 0 Å². The summed E-state index contributed by atoms with van der Waals surface area (Å²) in [5.41, 5.74) is 0. The summed E-state index contributed by atoms with van der Waals surface area (Å²) in [7, 11) is 0. The van der Waals surface area contributed by atoms with Crippen LogP contribution in [-0.2, 0) is 0 Å². The van der Waals surface area contributed by atoms with E-state index in [1.54, 1.807) is 0 Å². The molecule has 1 heterocycles. The second-order valence-corrected chi connectivity index (χ2v) is 5.79. The van der Waals surface area contributed by atoms with Crippen molar-refractivity contribution in [3.63, 3.8) is 0 Å². The molecule has 0 aromatic rings. The number of hydrogen-bond donors (Lipinski definition) is 0. The molecule has 0 bridgehead atoms. The van der Waals surface area contributed by atoms with Crippen molar-refractivity contribution in [3.8, 4) is 0 Å². The van der Waals surface area contributed by atoms with Gasteiger partial charge in [0.25, 0.3) is 0 Å². The van der Waals surface area contributed by atoms with Crippen LogP contribution in [0.3, 0.4) is 0 Å². The number of hydrogen-bond acceptors (Lipinski definition) is 1. The van der Waals surface area contributed by atoms with E-state index in [2.05, 4.69) is 18.7 Å². The molecular formula is C13H26S. The molecule has 0 aromatic carbocycles. The highest BCUT2D eigenvalue weighted by Crippen LogP contribution is 2.27. The summed E-state index contributed by atoms with van der Waals surface area (Å²) >= 11 is 2.16. The third kappa shape index (κ3) is 5.95. The van der Waals surface area contributed by atoms with Crippen LogP contribution >= 0.6 is 11.8 Å². The van der Waals surface area contributed by atoms with E-state index in [0.717, 1.165) is 5.92 Å². The largest absolute Gasteiger partial charge is 0.162 e. The zero-order valence-electron chi connectivity index (χ0n) is 9.76. The minimum Gasteiger partial charge on any atom is -0.162 e. The van der Waals surface area contributed by atoms with Crippen LogP contribution in [0.15, 0.2) is 0 Å². The SMILES string of the molecule is CCCCCCCCCC1CCSC1. The van der Waals surface area contributed by atoms with E-state index in [1.807, 2.05) is 0 Å². The van der Waals surface area contributed by atoms with Crippen molar-refractivity contribution < 1.29 is 0 Å². The zero-order chi connectivity index (χ0) is 10.1. The van der Waals surface area contributed by atoms with Crippen molar-refractivity contribution in [2.75, 3.05) is 11.5 Å². The average Bonchev–Trinajstić information content (AvgIpc) is 2.69. The molecular weight excluding hydrogens is 188 g/mol. The van der Waals surface area contributed by atoms with Gasteiger partial charge in [0.2, 0.25) is 0 Å². The van der Waals surface area contributed by atoms with Gasteiger partial charge >= 0.3 is 0 Å². The van der Waals surface area contributed by atoms with Crippen LogP contribution in [0.2, 0.25) is 0 Å². The lowest BCUT2D eigenvalue weighted by molar-refractivity contribution is 0.490. The minimum atomic E-state index is 1.08. The molecule has 0 saturated carbocycles. The Morgan fingerprint density at radius 1 is 1.00 bits per heavy atom. The molecule has 0 amide bonds. The van der Waals surface area contributed by atoms with Gasteiger partial charge in [-0.3, -0.25) is 0 Å². The standard InChI is InChI=1S/C13H26S/c1-2-3-4-5-6-7-8-9-13-10-11-14-12-13/h13H,2-12H2,1H3. The fourth-order valence-electron chi connectivity index (χ4n) is 2.20. The molecule has 1 atom stereocenters. The van der Waals surface area contributed by atoms with Crippen LogP contribution in [0.25, 0.3) is 0 Å². The van der Waals surface area contributed by atoms with Gasteiger partial charge in [0.05, 0.1) is 0 Å². The highest BCUT2D eigenvalue weighted by Gasteiger charge is 2.14. The molecule has 0 radical (unpaired) electrons. The quantitative estimate of drug-likeness (QED) is 0.519. The molecule has 1 fully saturated rings. The highest BCUT2D eigenvalue weighted by molar-refractivity contribution is 7.99. The summed E-state index contributed by atoms with van der Waals surface area (Å²) in [6.45, 7) is 2.29. The maximum absolute atomic E-state index is 2.29. The van der Waals surface area contributed by atoms with Gasteiger partial charge in [-0.05, 0) is 30.3 Å². The molecule has 0 nitrogen and oxygen atoms in total. The Bertz CT molecular complexity index is 116. The topological polar surface area (TPSA) is 0 Å². The van der Waals surface area contributed by atoms with Gasteiger partial charge in [-0.25, -0.2) is 0 Å². The van der Waals surface area contributed by atoms with Crippen molar-refractivity contribution in [2.45, 2.75) is 64.7 Å². The molecule has 1 rings (SSSR count).